The van der Waals surface area contributed by atoms with Crippen molar-refractivity contribution in [2.75, 3.05) is 25.7 Å². The molecule has 0 spiro atoms. The van der Waals surface area contributed by atoms with Crippen LogP contribution in [0.15, 0.2) is 48.5 Å². The van der Waals surface area contributed by atoms with Crippen molar-refractivity contribution >= 4 is 22.4 Å². The molecule has 150 valence electrons. The van der Waals surface area contributed by atoms with Gasteiger partial charge in [0.25, 0.3) is 0 Å². The number of hydrogen-bond acceptors (Lipinski definition) is 4. The minimum absolute atomic E-state index is 0.0355. The van der Waals surface area contributed by atoms with Crippen molar-refractivity contribution in [1.82, 2.24) is 0 Å². The minimum atomic E-state index is -0.153. The number of anilines is 1. The Kier molecular flexibility index (Phi) is 5.05. The summed E-state index contributed by atoms with van der Waals surface area (Å²) in [5, 5.41) is 12.6. The lowest BCUT2D eigenvalue weighted by atomic mass is 9.81. The second-order valence-corrected chi connectivity index (χ2v) is 7.30. The SMILES string of the molecule is CCCN1C(=O)CC(c2cc(OC)c(O)c(OC)c2)c2c1ccc1ccccc21. The van der Waals surface area contributed by atoms with Crippen LogP contribution in [0.2, 0.25) is 0 Å². The van der Waals surface area contributed by atoms with Crippen LogP contribution in [-0.2, 0) is 4.79 Å². The normalized spacial score (nSPS) is 16.0. The monoisotopic (exact) mass is 391 g/mol. The van der Waals surface area contributed by atoms with Gasteiger partial charge in [0.1, 0.15) is 0 Å². The summed E-state index contributed by atoms with van der Waals surface area (Å²) in [4.78, 5) is 15.0. The third kappa shape index (κ3) is 3.16. The van der Waals surface area contributed by atoms with Crippen molar-refractivity contribution in [3.8, 4) is 17.2 Å². The van der Waals surface area contributed by atoms with Gasteiger partial charge >= 0.3 is 0 Å². The summed E-state index contributed by atoms with van der Waals surface area (Å²) in [5.74, 6) is 0.589. The maximum Gasteiger partial charge on any atom is 0.227 e. The molecule has 0 saturated carbocycles. The molecule has 1 heterocycles. The Morgan fingerprint density at radius 2 is 1.76 bits per heavy atom. The van der Waals surface area contributed by atoms with E-state index in [0.29, 0.717) is 24.5 Å². The van der Waals surface area contributed by atoms with Crippen molar-refractivity contribution < 1.29 is 19.4 Å². The molecule has 5 nitrogen and oxygen atoms in total. The molecule has 1 unspecified atom stereocenters. The molecule has 1 aliphatic rings. The first-order chi connectivity index (χ1) is 14.1. The predicted molar refractivity (Wildman–Crippen MR) is 114 cm³/mol. The van der Waals surface area contributed by atoms with Crippen molar-refractivity contribution in [2.45, 2.75) is 25.7 Å². The highest BCUT2D eigenvalue weighted by atomic mass is 16.5. The summed E-state index contributed by atoms with van der Waals surface area (Å²) in [6.45, 7) is 2.77. The molecule has 0 aromatic heterocycles. The number of nitrogens with zero attached hydrogens (tertiary/aromatic N) is 1. The highest BCUT2D eigenvalue weighted by Crippen LogP contribution is 2.47. The van der Waals surface area contributed by atoms with Crippen LogP contribution in [-0.4, -0.2) is 31.8 Å². The fraction of sp³-hybridized carbons (Fsp3) is 0.292. The fourth-order valence-corrected chi connectivity index (χ4v) is 4.28. The third-order valence-electron chi connectivity index (χ3n) is 5.62. The summed E-state index contributed by atoms with van der Waals surface area (Å²) < 4.78 is 10.7. The zero-order valence-electron chi connectivity index (χ0n) is 16.9. The number of benzene rings is 3. The minimum Gasteiger partial charge on any atom is -0.502 e. The van der Waals surface area contributed by atoms with Crippen LogP contribution in [0.1, 0.15) is 36.8 Å². The van der Waals surface area contributed by atoms with Gasteiger partial charge in [-0.2, -0.15) is 0 Å². The molecule has 29 heavy (non-hydrogen) atoms. The Bertz CT molecular complexity index is 1050. The van der Waals surface area contributed by atoms with Crippen LogP contribution < -0.4 is 14.4 Å². The highest BCUT2D eigenvalue weighted by molar-refractivity contribution is 6.03. The Balaban J connectivity index is 1.98. The number of amides is 1. The number of phenolic OH excluding ortho intramolecular Hbond substituents is 1. The summed E-state index contributed by atoms with van der Waals surface area (Å²) in [6, 6.07) is 16.0. The van der Waals surface area contributed by atoms with Crippen molar-refractivity contribution in [2.24, 2.45) is 0 Å². The number of carbonyl (C=O) groups excluding carboxylic acids is 1. The quantitative estimate of drug-likeness (QED) is 0.676. The number of methoxy groups -OCH3 is 2. The average molecular weight is 391 g/mol. The van der Waals surface area contributed by atoms with Gasteiger partial charge < -0.3 is 19.5 Å². The molecule has 0 saturated heterocycles. The third-order valence-corrected chi connectivity index (χ3v) is 5.62. The van der Waals surface area contributed by atoms with Gasteiger partial charge in [0.2, 0.25) is 11.7 Å². The first-order valence-corrected chi connectivity index (χ1v) is 9.85. The summed E-state index contributed by atoms with van der Waals surface area (Å²) >= 11 is 0. The Labute approximate surface area is 170 Å². The van der Waals surface area contributed by atoms with Crippen LogP contribution in [0.25, 0.3) is 10.8 Å². The van der Waals surface area contributed by atoms with E-state index in [0.717, 1.165) is 34.0 Å². The largest absolute Gasteiger partial charge is 0.502 e. The van der Waals surface area contributed by atoms with Gasteiger partial charge in [0.05, 0.1) is 14.2 Å². The van der Waals surface area contributed by atoms with Gasteiger partial charge in [-0.25, -0.2) is 0 Å². The van der Waals surface area contributed by atoms with E-state index in [4.69, 9.17) is 9.47 Å². The summed E-state index contributed by atoms with van der Waals surface area (Å²) in [6.07, 6.45) is 1.25. The summed E-state index contributed by atoms with van der Waals surface area (Å²) in [5.41, 5.74) is 2.97. The van der Waals surface area contributed by atoms with Gasteiger partial charge in [-0.05, 0) is 46.5 Å². The lowest BCUT2D eigenvalue weighted by molar-refractivity contribution is -0.119. The molecule has 1 atom stereocenters. The smallest absolute Gasteiger partial charge is 0.227 e. The standard InChI is InChI=1S/C24H25NO4/c1-4-11-25-19-10-9-15-7-5-6-8-17(15)23(19)18(14-22(25)26)16-12-20(28-2)24(27)21(13-16)29-3/h5-10,12-13,18,27H,4,11,14H2,1-3H3. The van der Waals surface area contributed by atoms with E-state index in [9.17, 15) is 9.90 Å². The highest BCUT2D eigenvalue weighted by Gasteiger charge is 2.34. The van der Waals surface area contributed by atoms with E-state index in [1.54, 1.807) is 12.1 Å². The van der Waals surface area contributed by atoms with Crippen LogP contribution >= 0.6 is 0 Å². The van der Waals surface area contributed by atoms with Crippen LogP contribution in [0, 0.1) is 0 Å². The molecule has 4 rings (SSSR count). The maximum absolute atomic E-state index is 13.1. The molecule has 5 heteroatoms. The first kappa shape index (κ1) is 19.1. The van der Waals surface area contributed by atoms with E-state index in [-0.39, 0.29) is 17.6 Å². The number of phenols is 1. The zero-order chi connectivity index (χ0) is 20.5. The van der Waals surface area contributed by atoms with Crippen molar-refractivity contribution in [3.05, 3.63) is 59.7 Å². The lowest BCUT2D eigenvalue weighted by Gasteiger charge is -2.35. The number of fused-ring (bicyclic) bond motifs is 3. The molecule has 3 aromatic carbocycles. The van der Waals surface area contributed by atoms with Crippen molar-refractivity contribution in [1.29, 1.82) is 0 Å². The number of ether oxygens (including phenoxy) is 2. The number of hydrogen-bond donors (Lipinski definition) is 1. The van der Waals surface area contributed by atoms with E-state index in [2.05, 4.69) is 25.1 Å². The first-order valence-electron chi connectivity index (χ1n) is 9.85. The Morgan fingerprint density at radius 3 is 2.41 bits per heavy atom. The molecular weight excluding hydrogens is 366 g/mol. The second kappa shape index (κ2) is 7.66. The van der Waals surface area contributed by atoms with Gasteiger partial charge in [-0.15, -0.1) is 0 Å². The van der Waals surface area contributed by atoms with Gasteiger partial charge in [0, 0.05) is 24.6 Å². The molecule has 0 fully saturated rings. The van der Waals surface area contributed by atoms with E-state index < -0.39 is 0 Å². The number of aromatic hydroxyl groups is 1. The molecule has 0 bridgehead atoms. The zero-order valence-corrected chi connectivity index (χ0v) is 16.9. The van der Waals surface area contributed by atoms with E-state index in [1.807, 2.05) is 23.1 Å². The second-order valence-electron chi connectivity index (χ2n) is 7.30. The molecular formula is C24H25NO4. The average Bonchev–Trinajstić information content (AvgIpc) is 2.75. The van der Waals surface area contributed by atoms with Gasteiger partial charge in [-0.1, -0.05) is 37.3 Å². The molecule has 0 radical (unpaired) electrons. The van der Waals surface area contributed by atoms with Crippen LogP contribution in [0.5, 0.6) is 17.2 Å². The van der Waals surface area contributed by atoms with Gasteiger partial charge in [0.15, 0.2) is 11.5 Å². The maximum atomic E-state index is 13.1. The number of carbonyl (C=O) groups is 1. The van der Waals surface area contributed by atoms with Gasteiger partial charge in [-0.3, -0.25) is 4.79 Å². The molecule has 0 aliphatic carbocycles. The molecule has 1 N–H and O–H groups in total. The van der Waals surface area contributed by atoms with E-state index >= 15 is 0 Å². The molecule has 1 aliphatic heterocycles. The van der Waals surface area contributed by atoms with Crippen LogP contribution in [0.3, 0.4) is 0 Å². The lowest BCUT2D eigenvalue weighted by Crippen LogP contribution is -2.37. The summed E-state index contributed by atoms with van der Waals surface area (Å²) in [7, 11) is 3.02. The topological polar surface area (TPSA) is 59.0 Å². The number of rotatable bonds is 5. The molecule has 3 aromatic rings. The van der Waals surface area contributed by atoms with E-state index in [1.165, 1.54) is 14.2 Å². The Morgan fingerprint density at radius 1 is 1.07 bits per heavy atom. The molecule has 1 amide bonds. The van der Waals surface area contributed by atoms with Crippen LogP contribution in [0.4, 0.5) is 5.69 Å². The fourth-order valence-electron chi connectivity index (χ4n) is 4.28. The Hall–Kier alpha value is -3.21. The predicted octanol–water partition coefficient (Wildman–Crippen LogP) is 4.84. The van der Waals surface area contributed by atoms with Crippen molar-refractivity contribution in [3.63, 3.8) is 0 Å².